The number of hydrogen-bond acceptors (Lipinski definition) is 4. The Morgan fingerprint density at radius 2 is 1.80 bits per heavy atom. The summed E-state index contributed by atoms with van der Waals surface area (Å²) in [4.78, 5) is 26.6. The Hall–Kier alpha value is -3.57. The van der Waals surface area contributed by atoms with Crippen LogP contribution in [0.15, 0.2) is 48.2 Å². The standard InChI is InChI=1S/C28H34ClF2N3O3.C2H6.C2H2/c1-6-19(17-8-10-18(30)11-9-17)21(7-2)32-15-24(35)34(5)16-28(3,4)14-23-25-22(33-27(36)37-23)13-12-20(29)26(25)31;2*1-2/h7-13,19,23,32H,6,14-16H2,1-5H3,(H,33,36);1-2H3;1-2H/b21-7-;;. The van der Waals surface area contributed by atoms with Crippen molar-refractivity contribution < 1.29 is 23.1 Å². The number of nitrogens with zero attached hydrogens (tertiary/aromatic N) is 1. The van der Waals surface area contributed by atoms with E-state index in [-0.39, 0.29) is 41.2 Å². The molecule has 2 atom stereocenters. The lowest BCUT2D eigenvalue weighted by atomic mass is 9.83. The van der Waals surface area contributed by atoms with Crippen LogP contribution in [0.2, 0.25) is 5.02 Å². The predicted molar refractivity (Wildman–Crippen MR) is 163 cm³/mol. The Labute approximate surface area is 248 Å². The molecule has 0 spiro atoms. The highest BCUT2D eigenvalue weighted by Crippen LogP contribution is 2.42. The van der Waals surface area contributed by atoms with Gasteiger partial charge < -0.3 is 15.0 Å². The fourth-order valence-corrected chi connectivity index (χ4v) is 4.99. The minimum Gasteiger partial charge on any atom is -0.441 e. The molecule has 1 aliphatic rings. The van der Waals surface area contributed by atoms with Crippen molar-refractivity contribution in [3.63, 3.8) is 0 Å². The van der Waals surface area contributed by atoms with Gasteiger partial charge in [0.2, 0.25) is 5.91 Å². The van der Waals surface area contributed by atoms with Crippen molar-refractivity contribution in [3.05, 3.63) is 76.0 Å². The van der Waals surface area contributed by atoms with Crippen LogP contribution in [0.25, 0.3) is 0 Å². The highest BCUT2D eigenvalue weighted by atomic mass is 35.5. The molecule has 9 heteroatoms. The molecule has 2 unspecified atom stereocenters. The fraction of sp³-hybridized carbons (Fsp3) is 0.438. The number of nitrogens with one attached hydrogen (secondary N) is 2. The molecule has 2 N–H and O–H groups in total. The number of halogens is 3. The van der Waals surface area contributed by atoms with Crippen LogP contribution in [0, 0.1) is 29.9 Å². The zero-order valence-corrected chi connectivity index (χ0v) is 25.7. The molecular formula is C32H42ClF2N3O3. The lowest BCUT2D eigenvalue weighted by molar-refractivity contribution is -0.130. The van der Waals surface area contributed by atoms with Crippen LogP contribution >= 0.6 is 11.6 Å². The van der Waals surface area contributed by atoms with Gasteiger partial charge in [0.15, 0.2) is 5.82 Å². The molecule has 2 amide bonds. The average Bonchev–Trinajstić information content (AvgIpc) is 2.95. The van der Waals surface area contributed by atoms with Crippen molar-refractivity contribution in [1.29, 1.82) is 0 Å². The normalized spacial score (nSPS) is 15.0. The van der Waals surface area contributed by atoms with E-state index in [0.717, 1.165) is 17.7 Å². The quantitative estimate of drug-likeness (QED) is 0.275. The van der Waals surface area contributed by atoms with E-state index in [9.17, 15) is 18.4 Å². The Balaban J connectivity index is 0.00000201. The van der Waals surface area contributed by atoms with Gasteiger partial charge >= 0.3 is 6.09 Å². The fourth-order valence-electron chi connectivity index (χ4n) is 4.83. The first kappa shape index (κ1) is 35.5. The average molecular weight is 590 g/mol. The molecular weight excluding hydrogens is 548 g/mol. The predicted octanol–water partition coefficient (Wildman–Crippen LogP) is 8.06. The number of allylic oxidation sites excluding steroid dienone is 2. The SMILES string of the molecule is C#C.C/C=C(\NCC(=O)N(C)CC(C)(C)CC1OC(=O)Nc2ccc(Cl)c(F)c21)C(CC)c1ccc(F)cc1.CC. The summed E-state index contributed by atoms with van der Waals surface area (Å²) in [5, 5.41) is 5.71. The van der Waals surface area contributed by atoms with Gasteiger partial charge in [0, 0.05) is 25.2 Å². The van der Waals surface area contributed by atoms with E-state index in [4.69, 9.17) is 16.3 Å². The minimum absolute atomic E-state index is 0.0107. The summed E-state index contributed by atoms with van der Waals surface area (Å²) >= 11 is 5.97. The molecule has 224 valence electrons. The highest BCUT2D eigenvalue weighted by molar-refractivity contribution is 6.31. The van der Waals surface area contributed by atoms with E-state index in [1.165, 1.54) is 18.2 Å². The number of fused-ring (bicyclic) bond motifs is 1. The van der Waals surface area contributed by atoms with Gasteiger partial charge in [-0.05, 0) is 55.0 Å². The molecule has 0 saturated carbocycles. The van der Waals surface area contributed by atoms with Crippen LogP contribution in [0.3, 0.4) is 0 Å². The number of amides is 2. The lowest BCUT2D eigenvalue weighted by Gasteiger charge is -2.35. The molecule has 0 saturated heterocycles. The molecule has 3 rings (SSSR count). The van der Waals surface area contributed by atoms with Crippen LogP contribution in [0.4, 0.5) is 19.3 Å². The third-order valence-electron chi connectivity index (χ3n) is 6.58. The van der Waals surface area contributed by atoms with Crippen molar-refractivity contribution in [1.82, 2.24) is 10.2 Å². The number of anilines is 1. The van der Waals surface area contributed by atoms with Crippen molar-refractivity contribution in [2.24, 2.45) is 5.41 Å². The number of carbonyl (C=O) groups is 2. The molecule has 6 nitrogen and oxygen atoms in total. The van der Waals surface area contributed by atoms with E-state index in [1.54, 1.807) is 30.1 Å². The Morgan fingerprint density at radius 3 is 2.37 bits per heavy atom. The van der Waals surface area contributed by atoms with Gasteiger partial charge in [0.1, 0.15) is 11.9 Å². The molecule has 0 bridgehead atoms. The smallest absolute Gasteiger partial charge is 0.412 e. The molecule has 1 aliphatic heterocycles. The van der Waals surface area contributed by atoms with E-state index >= 15 is 0 Å². The molecule has 0 aliphatic carbocycles. The van der Waals surface area contributed by atoms with Crippen LogP contribution in [0.1, 0.15) is 77.5 Å². The molecule has 0 fully saturated rings. The second-order valence-electron chi connectivity index (χ2n) is 10.1. The van der Waals surface area contributed by atoms with Crippen LogP contribution in [-0.4, -0.2) is 37.0 Å². The summed E-state index contributed by atoms with van der Waals surface area (Å²) in [6, 6.07) is 9.33. The number of carbonyl (C=O) groups excluding carboxylic acids is 2. The van der Waals surface area contributed by atoms with Gasteiger partial charge in [-0.25, -0.2) is 13.6 Å². The second kappa shape index (κ2) is 16.6. The zero-order chi connectivity index (χ0) is 31.3. The van der Waals surface area contributed by atoms with Gasteiger partial charge in [0.25, 0.3) is 0 Å². The highest BCUT2D eigenvalue weighted by Gasteiger charge is 2.36. The number of likely N-dealkylation sites (N-methyl/N-ethyl adjacent to an activating group) is 1. The van der Waals surface area contributed by atoms with Gasteiger partial charge in [-0.15, -0.1) is 12.8 Å². The Morgan fingerprint density at radius 1 is 1.20 bits per heavy atom. The number of cyclic esters (lactones) is 1. The Bertz CT molecular complexity index is 1210. The maximum Gasteiger partial charge on any atom is 0.412 e. The summed E-state index contributed by atoms with van der Waals surface area (Å²) < 4.78 is 33.6. The van der Waals surface area contributed by atoms with E-state index in [0.29, 0.717) is 12.2 Å². The molecule has 0 aromatic heterocycles. The lowest BCUT2D eigenvalue weighted by Crippen LogP contribution is -2.42. The summed E-state index contributed by atoms with van der Waals surface area (Å²) in [5.41, 5.74) is 1.89. The van der Waals surface area contributed by atoms with Gasteiger partial charge in [-0.2, -0.15) is 0 Å². The van der Waals surface area contributed by atoms with Crippen molar-refractivity contribution in [2.45, 2.75) is 66.4 Å². The van der Waals surface area contributed by atoms with Gasteiger partial charge in [-0.3, -0.25) is 10.1 Å². The molecule has 0 radical (unpaired) electrons. The maximum atomic E-state index is 14.8. The Kier molecular flexibility index (Phi) is 14.4. The first-order valence-electron chi connectivity index (χ1n) is 13.6. The van der Waals surface area contributed by atoms with Crippen molar-refractivity contribution >= 4 is 29.3 Å². The van der Waals surface area contributed by atoms with E-state index in [1.807, 2.05) is 47.6 Å². The number of benzene rings is 2. The first-order chi connectivity index (χ1) is 19.5. The van der Waals surface area contributed by atoms with Crippen molar-refractivity contribution in [3.8, 4) is 12.8 Å². The summed E-state index contributed by atoms with van der Waals surface area (Å²) in [7, 11) is 1.71. The number of ether oxygens (including phenoxy) is 1. The molecule has 1 heterocycles. The first-order valence-corrected chi connectivity index (χ1v) is 14.0. The van der Waals surface area contributed by atoms with Crippen LogP contribution in [-0.2, 0) is 9.53 Å². The number of rotatable bonds is 10. The van der Waals surface area contributed by atoms with E-state index in [2.05, 4.69) is 23.5 Å². The molecule has 2 aromatic carbocycles. The third kappa shape index (κ3) is 9.79. The van der Waals surface area contributed by atoms with Crippen molar-refractivity contribution in [2.75, 3.05) is 25.5 Å². The maximum absolute atomic E-state index is 14.8. The van der Waals surface area contributed by atoms with Gasteiger partial charge in [0.05, 0.1) is 22.8 Å². The monoisotopic (exact) mass is 589 g/mol. The topological polar surface area (TPSA) is 70.7 Å². The van der Waals surface area contributed by atoms with Crippen LogP contribution < -0.4 is 10.6 Å². The van der Waals surface area contributed by atoms with E-state index < -0.39 is 23.4 Å². The largest absolute Gasteiger partial charge is 0.441 e. The summed E-state index contributed by atoms with van der Waals surface area (Å²) in [5.74, 6) is -1.03. The second-order valence-corrected chi connectivity index (χ2v) is 10.5. The molecule has 41 heavy (non-hydrogen) atoms. The number of hydrogen-bond donors (Lipinski definition) is 2. The van der Waals surface area contributed by atoms with Gasteiger partial charge in [-0.1, -0.05) is 64.4 Å². The minimum atomic E-state index is -0.838. The molecule has 2 aromatic rings. The zero-order valence-electron chi connectivity index (χ0n) is 25.0. The third-order valence-corrected chi connectivity index (χ3v) is 6.87. The summed E-state index contributed by atoms with van der Waals surface area (Å²) in [6.45, 7) is 12.2. The summed E-state index contributed by atoms with van der Waals surface area (Å²) in [6.07, 6.45) is 9.51. The van der Waals surface area contributed by atoms with Crippen LogP contribution in [0.5, 0.6) is 0 Å². The number of terminal acetylenes is 1.